The molecule has 18 heavy (non-hydrogen) atoms. The minimum absolute atomic E-state index is 0.217. The number of ether oxygens (including phenoxy) is 1. The number of unbranched alkanes of at least 4 members (excludes halogenated alkanes) is 1. The summed E-state index contributed by atoms with van der Waals surface area (Å²) in [6, 6.07) is 7.08. The first-order valence-corrected chi connectivity index (χ1v) is 6.74. The van der Waals surface area contributed by atoms with Crippen molar-refractivity contribution >= 4 is 23.3 Å². The van der Waals surface area contributed by atoms with Crippen LogP contribution in [0.5, 0.6) is 0 Å². The van der Waals surface area contributed by atoms with Gasteiger partial charge in [0.15, 0.2) is 0 Å². The molecule has 0 aliphatic rings. The molecule has 0 radical (unpaired) electrons. The third-order valence-corrected chi connectivity index (χ3v) is 2.95. The molecule has 0 spiro atoms. The molecule has 0 fully saturated rings. The predicted molar refractivity (Wildman–Crippen MR) is 75.0 cm³/mol. The van der Waals surface area contributed by atoms with Crippen molar-refractivity contribution in [2.24, 2.45) is 0 Å². The SMILES string of the molecule is CCCCC(Nc1ccccc1Cl)C(=O)OCC. The molecule has 0 amide bonds. The van der Waals surface area contributed by atoms with Gasteiger partial charge in [0.1, 0.15) is 6.04 Å². The highest BCUT2D eigenvalue weighted by Crippen LogP contribution is 2.22. The molecule has 0 bridgehead atoms. The first-order chi connectivity index (χ1) is 8.69. The number of carbonyl (C=O) groups excluding carboxylic acids is 1. The van der Waals surface area contributed by atoms with E-state index in [1.54, 1.807) is 6.07 Å². The van der Waals surface area contributed by atoms with Crippen LogP contribution in [0, 0.1) is 0 Å². The van der Waals surface area contributed by atoms with E-state index in [-0.39, 0.29) is 12.0 Å². The van der Waals surface area contributed by atoms with Gasteiger partial charge < -0.3 is 10.1 Å². The standard InChI is InChI=1S/C14H20ClNO2/c1-3-5-9-13(14(17)18-4-2)16-12-10-7-6-8-11(12)15/h6-8,10,13,16H,3-5,9H2,1-2H3. The Kier molecular flexibility index (Phi) is 6.58. The Labute approximate surface area is 113 Å². The van der Waals surface area contributed by atoms with Crippen molar-refractivity contribution in [2.75, 3.05) is 11.9 Å². The highest BCUT2D eigenvalue weighted by Gasteiger charge is 2.19. The summed E-state index contributed by atoms with van der Waals surface area (Å²) in [5.74, 6) is -0.217. The van der Waals surface area contributed by atoms with Crippen molar-refractivity contribution in [1.82, 2.24) is 0 Å². The zero-order valence-electron chi connectivity index (χ0n) is 10.9. The lowest BCUT2D eigenvalue weighted by molar-refractivity contribution is -0.144. The van der Waals surface area contributed by atoms with Gasteiger partial charge in [-0.2, -0.15) is 0 Å². The minimum Gasteiger partial charge on any atom is -0.464 e. The second-order valence-electron chi connectivity index (χ2n) is 4.07. The smallest absolute Gasteiger partial charge is 0.328 e. The summed E-state index contributed by atoms with van der Waals surface area (Å²) < 4.78 is 5.07. The van der Waals surface area contributed by atoms with E-state index in [0.717, 1.165) is 24.9 Å². The van der Waals surface area contributed by atoms with Gasteiger partial charge in [0.25, 0.3) is 0 Å². The zero-order chi connectivity index (χ0) is 13.4. The van der Waals surface area contributed by atoms with Gasteiger partial charge in [-0.1, -0.05) is 43.5 Å². The number of benzene rings is 1. The minimum atomic E-state index is -0.329. The van der Waals surface area contributed by atoms with Crippen molar-refractivity contribution in [3.05, 3.63) is 29.3 Å². The Morgan fingerprint density at radius 1 is 1.39 bits per heavy atom. The monoisotopic (exact) mass is 269 g/mol. The lowest BCUT2D eigenvalue weighted by atomic mass is 10.1. The number of para-hydroxylation sites is 1. The molecule has 0 heterocycles. The number of halogens is 1. The van der Waals surface area contributed by atoms with Gasteiger partial charge in [-0.25, -0.2) is 4.79 Å². The number of esters is 1. The molecule has 100 valence electrons. The van der Waals surface area contributed by atoms with Gasteiger partial charge in [-0.05, 0) is 25.5 Å². The van der Waals surface area contributed by atoms with Crippen molar-refractivity contribution < 1.29 is 9.53 Å². The van der Waals surface area contributed by atoms with E-state index >= 15 is 0 Å². The molecular formula is C14H20ClNO2. The van der Waals surface area contributed by atoms with Gasteiger partial charge in [-0.3, -0.25) is 0 Å². The lowest BCUT2D eigenvalue weighted by Gasteiger charge is -2.18. The molecule has 0 aliphatic heterocycles. The average Bonchev–Trinajstić information content (AvgIpc) is 2.36. The zero-order valence-corrected chi connectivity index (χ0v) is 11.7. The van der Waals surface area contributed by atoms with E-state index in [1.807, 2.05) is 25.1 Å². The van der Waals surface area contributed by atoms with Gasteiger partial charge in [-0.15, -0.1) is 0 Å². The van der Waals surface area contributed by atoms with Crippen molar-refractivity contribution in [2.45, 2.75) is 39.2 Å². The Bertz CT molecular complexity index is 382. The van der Waals surface area contributed by atoms with E-state index in [0.29, 0.717) is 11.6 Å². The normalized spacial score (nSPS) is 11.9. The third-order valence-electron chi connectivity index (χ3n) is 2.62. The molecule has 1 N–H and O–H groups in total. The van der Waals surface area contributed by atoms with Crippen LogP contribution in [-0.4, -0.2) is 18.6 Å². The summed E-state index contributed by atoms with van der Waals surface area (Å²) in [6.45, 7) is 4.30. The molecule has 3 nitrogen and oxygen atoms in total. The fourth-order valence-corrected chi connectivity index (χ4v) is 1.86. The summed E-state index contributed by atoms with van der Waals surface area (Å²) >= 11 is 6.07. The Morgan fingerprint density at radius 3 is 2.72 bits per heavy atom. The number of anilines is 1. The van der Waals surface area contributed by atoms with Crippen LogP contribution in [0.2, 0.25) is 5.02 Å². The van der Waals surface area contributed by atoms with Crippen LogP contribution in [0.4, 0.5) is 5.69 Å². The molecule has 0 aliphatic carbocycles. The van der Waals surface area contributed by atoms with Crippen LogP contribution in [0.3, 0.4) is 0 Å². The molecule has 1 aromatic rings. The topological polar surface area (TPSA) is 38.3 Å². The third kappa shape index (κ3) is 4.57. The van der Waals surface area contributed by atoms with Gasteiger partial charge in [0.05, 0.1) is 17.3 Å². The maximum atomic E-state index is 11.8. The van der Waals surface area contributed by atoms with Crippen LogP contribution in [0.25, 0.3) is 0 Å². The highest BCUT2D eigenvalue weighted by molar-refractivity contribution is 6.33. The summed E-state index contributed by atoms with van der Waals surface area (Å²) in [5.41, 5.74) is 0.772. The van der Waals surface area contributed by atoms with Gasteiger partial charge >= 0.3 is 5.97 Å². The highest BCUT2D eigenvalue weighted by atomic mass is 35.5. The Balaban J connectivity index is 2.71. The largest absolute Gasteiger partial charge is 0.464 e. The molecule has 1 aromatic carbocycles. The second-order valence-corrected chi connectivity index (χ2v) is 4.48. The molecule has 4 heteroatoms. The van der Waals surface area contributed by atoms with Crippen LogP contribution >= 0.6 is 11.6 Å². The maximum Gasteiger partial charge on any atom is 0.328 e. The first kappa shape index (κ1) is 14.8. The summed E-state index contributed by atoms with van der Waals surface area (Å²) in [7, 11) is 0. The van der Waals surface area contributed by atoms with Crippen molar-refractivity contribution in [3.8, 4) is 0 Å². The van der Waals surface area contributed by atoms with Crippen molar-refractivity contribution in [3.63, 3.8) is 0 Å². The fourth-order valence-electron chi connectivity index (χ4n) is 1.67. The number of rotatable bonds is 7. The van der Waals surface area contributed by atoms with E-state index in [4.69, 9.17) is 16.3 Å². The van der Waals surface area contributed by atoms with Gasteiger partial charge in [0.2, 0.25) is 0 Å². The summed E-state index contributed by atoms with van der Waals surface area (Å²) in [4.78, 5) is 11.8. The van der Waals surface area contributed by atoms with E-state index in [9.17, 15) is 4.79 Å². The molecule has 1 unspecified atom stereocenters. The molecule has 0 aromatic heterocycles. The Morgan fingerprint density at radius 2 is 2.11 bits per heavy atom. The average molecular weight is 270 g/mol. The molecule has 0 saturated carbocycles. The van der Waals surface area contributed by atoms with Crippen molar-refractivity contribution in [1.29, 1.82) is 0 Å². The van der Waals surface area contributed by atoms with Crippen LogP contribution in [0.1, 0.15) is 33.1 Å². The van der Waals surface area contributed by atoms with Gasteiger partial charge in [0, 0.05) is 0 Å². The quantitative estimate of drug-likeness (QED) is 0.764. The second kappa shape index (κ2) is 7.98. The molecule has 1 atom stereocenters. The molecular weight excluding hydrogens is 250 g/mol. The number of nitrogens with one attached hydrogen (secondary N) is 1. The lowest BCUT2D eigenvalue weighted by Crippen LogP contribution is -2.31. The number of hydrogen-bond donors (Lipinski definition) is 1. The first-order valence-electron chi connectivity index (χ1n) is 6.36. The Hall–Kier alpha value is -1.22. The number of hydrogen-bond acceptors (Lipinski definition) is 3. The molecule has 1 rings (SSSR count). The van der Waals surface area contributed by atoms with Crippen LogP contribution in [-0.2, 0) is 9.53 Å². The van der Waals surface area contributed by atoms with E-state index in [1.165, 1.54) is 0 Å². The number of carbonyl (C=O) groups is 1. The summed E-state index contributed by atoms with van der Waals surface area (Å²) in [6.07, 6.45) is 2.77. The van der Waals surface area contributed by atoms with Crippen LogP contribution < -0.4 is 5.32 Å². The molecule has 0 saturated heterocycles. The maximum absolute atomic E-state index is 11.8. The predicted octanol–water partition coefficient (Wildman–Crippen LogP) is 3.87. The fraction of sp³-hybridized carbons (Fsp3) is 0.500. The van der Waals surface area contributed by atoms with E-state index < -0.39 is 0 Å². The van der Waals surface area contributed by atoms with E-state index in [2.05, 4.69) is 12.2 Å². The van der Waals surface area contributed by atoms with Crippen LogP contribution in [0.15, 0.2) is 24.3 Å². The summed E-state index contributed by atoms with van der Waals surface area (Å²) in [5, 5.41) is 3.77.